The SMILES string of the molecule is CC1=C(C)[C](C)([Ti]([Cl])([Cl])([NH]C=O)[NH]C=O)c2ccccc21. The predicted octanol–water partition coefficient (Wildman–Crippen LogP) is 3.03. The van der Waals surface area contributed by atoms with E-state index in [1.807, 2.05) is 45.0 Å². The van der Waals surface area contributed by atoms with E-state index in [1.54, 1.807) is 0 Å². The topological polar surface area (TPSA) is 58.2 Å². The molecule has 2 N–H and O–H groups in total. The fourth-order valence-electron chi connectivity index (χ4n) is 3.13. The Bertz CT molecular complexity index is 646. The van der Waals surface area contributed by atoms with Gasteiger partial charge >= 0.3 is 133 Å². The van der Waals surface area contributed by atoms with Gasteiger partial charge in [-0.1, -0.05) is 0 Å². The predicted molar refractivity (Wildman–Crippen MR) is 82.2 cm³/mol. The first kappa shape index (κ1) is 16.6. The van der Waals surface area contributed by atoms with Crippen molar-refractivity contribution in [2.24, 2.45) is 0 Å². The Balaban J connectivity index is 2.82. The third-order valence-electron chi connectivity index (χ3n) is 4.68. The summed E-state index contributed by atoms with van der Waals surface area (Å²) >= 11 is -4.95. The molecule has 0 radical (unpaired) electrons. The van der Waals surface area contributed by atoms with Gasteiger partial charge in [-0.25, -0.2) is 0 Å². The van der Waals surface area contributed by atoms with Crippen LogP contribution in [0.5, 0.6) is 0 Å². The van der Waals surface area contributed by atoms with Crippen molar-refractivity contribution in [3.8, 4) is 0 Å². The number of hydrogen-bond acceptors (Lipinski definition) is 2. The average Bonchev–Trinajstić information content (AvgIpc) is 2.63. The van der Waals surface area contributed by atoms with Gasteiger partial charge in [0, 0.05) is 0 Å². The summed E-state index contributed by atoms with van der Waals surface area (Å²) in [6.45, 7) is 5.80. The van der Waals surface area contributed by atoms with Gasteiger partial charge in [0.15, 0.2) is 0 Å². The molecule has 113 valence electrons. The maximum atomic E-state index is 11.1. The minimum absolute atomic E-state index is 0.461. The van der Waals surface area contributed by atoms with Crippen LogP contribution in [0.4, 0.5) is 0 Å². The zero-order chi connectivity index (χ0) is 15.9. The van der Waals surface area contributed by atoms with Gasteiger partial charge in [0.1, 0.15) is 0 Å². The molecule has 0 heterocycles. The van der Waals surface area contributed by atoms with Crippen LogP contribution < -0.4 is 7.60 Å². The summed E-state index contributed by atoms with van der Waals surface area (Å²) in [6.07, 6.45) is 0.922. The second kappa shape index (κ2) is 5.13. The van der Waals surface area contributed by atoms with Crippen molar-refractivity contribution in [3.63, 3.8) is 0 Å². The third kappa shape index (κ3) is 2.08. The number of amides is 2. The summed E-state index contributed by atoms with van der Waals surface area (Å²) in [5.41, 5.74) is 3.97. The van der Waals surface area contributed by atoms with Crippen molar-refractivity contribution in [2.45, 2.75) is 24.5 Å². The molecule has 0 bridgehead atoms. The molecule has 7 heteroatoms. The van der Waals surface area contributed by atoms with Crippen molar-refractivity contribution in [1.82, 2.24) is 7.60 Å². The van der Waals surface area contributed by atoms with Crippen LogP contribution in [0.1, 0.15) is 31.9 Å². The molecule has 0 saturated heterocycles. The van der Waals surface area contributed by atoms with Crippen LogP contribution in [0.15, 0.2) is 29.8 Å². The standard InChI is InChI=1S/C12H13.2CH3NO.2ClH.Ti/c1-8-9(2)11-6-4-5-7-12(11)10(8)3;2*2-1-3;;;/h4-7H,1-3H3;2*1H,(H2,2,3);2*1H;/q;;;;;+4/p-4. The first-order chi connectivity index (χ1) is 9.71. The molecular weight excluding hydrogens is 347 g/mol. The van der Waals surface area contributed by atoms with E-state index in [0.29, 0.717) is 12.8 Å². The summed E-state index contributed by atoms with van der Waals surface area (Å²) in [5, 5.41) is 0. The Kier molecular flexibility index (Phi) is 4.05. The first-order valence-electron chi connectivity index (χ1n) is 6.50. The second-order valence-electron chi connectivity index (χ2n) is 5.46. The molecular formula is C14H17Cl2N2O2Ti. The van der Waals surface area contributed by atoms with Gasteiger partial charge in [0.05, 0.1) is 0 Å². The van der Waals surface area contributed by atoms with Gasteiger partial charge < -0.3 is 0 Å². The molecule has 4 nitrogen and oxygen atoms in total. The fraction of sp³-hybridized carbons (Fsp3) is 0.286. The normalized spacial score (nSPS) is 23.0. The molecule has 0 aliphatic heterocycles. The first-order valence-corrected chi connectivity index (χ1v) is 13.1. The summed E-state index contributed by atoms with van der Waals surface area (Å²) < 4.78 is 4.32. The van der Waals surface area contributed by atoms with Gasteiger partial charge in [-0.05, 0) is 0 Å². The van der Waals surface area contributed by atoms with Gasteiger partial charge in [-0.3, -0.25) is 0 Å². The van der Waals surface area contributed by atoms with E-state index < -0.39 is 17.4 Å². The molecule has 1 unspecified atom stereocenters. The number of nitrogens with one attached hydrogen (secondary N) is 2. The molecule has 2 amide bonds. The Labute approximate surface area is 133 Å². The number of carbonyl (C=O) groups excluding carboxylic acids is 2. The van der Waals surface area contributed by atoms with Gasteiger partial charge in [-0.15, -0.1) is 0 Å². The number of benzene rings is 1. The van der Waals surface area contributed by atoms with Crippen LogP contribution in [-0.4, -0.2) is 12.8 Å². The van der Waals surface area contributed by atoms with Crippen LogP contribution in [0.2, 0.25) is 0 Å². The van der Waals surface area contributed by atoms with Gasteiger partial charge in [0.2, 0.25) is 0 Å². The molecule has 1 aromatic carbocycles. The average molecular weight is 364 g/mol. The molecule has 0 spiro atoms. The van der Waals surface area contributed by atoms with Crippen LogP contribution in [0.25, 0.3) is 5.57 Å². The monoisotopic (exact) mass is 363 g/mol. The molecule has 0 saturated carbocycles. The number of carbonyl (C=O) groups is 2. The van der Waals surface area contributed by atoms with Crippen molar-refractivity contribution in [3.05, 3.63) is 41.0 Å². The fourth-order valence-corrected chi connectivity index (χ4v) is 9.95. The van der Waals surface area contributed by atoms with E-state index in [9.17, 15) is 9.59 Å². The van der Waals surface area contributed by atoms with Gasteiger partial charge in [-0.2, -0.15) is 0 Å². The van der Waals surface area contributed by atoms with Crippen molar-refractivity contribution < 1.29 is 23.3 Å². The van der Waals surface area contributed by atoms with Gasteiger partial charge in [0.25, 0.3) is 0 Å². The van der Waals surface area contributed by atoms with E-state index in [0.717, 1.165) is 22.3 Å². The number of halogens is 2. The van der Waals surface area contributed by atoms with E-state index in [2.05, 4.69) is 7.60 Å². The summed E-state index contributed by atoms with van der Waals surface area (Å²) in [6, 6.07) is 7.75. The number of hydrogen-bond donors (Lipinski definition) is 2. The quantitative estimate of drug-likeness (QED) is 0.624. The second-order valence-corrected chi connectivity index (χ2v) is 18.1. The Morgan fingerprint density at radius 2 is 1.62 bits per heavy atom. The molecule has 2 rings (SSSR count). The van der Waals surface area contributed by atoms with E-state index in [-0.39, 0.29) is 0 Å². The van der Waals surface area contributed by atoms with Crippen molar-refractivity contribution in [2.75, 3.05) is 0 Å². The van der Waals surface area contributed by atoms with Crippen LogP contribution in [0, 0.1) is 0 Å². The summed E-state index contributed by atoms with van der Waals surface area (Å²) in [4.78, 5) is 22.2. The Morgan fingerprint density at radius 1 is 1.10 bits per heavy atom. The molecule has 1 aromatic rings. The van der Waals surface area contributed by atoms with Crippen LogP contribution in [0.3, 0.4) is 0 Å². The van der Waals surface area contributed by atoms with E-state index in [4.69, 9.17) is 18.6 Å². The van der Waals surface area contributed by atoms with Crippen molar-refractivity contribution >= 4 is 37.0 Å². The number of rotatable bonds is 5. The zero-order valence-electron chi connectivity index (χ0n) is 12.0. The number of allylic oxidation sites excluding steroid dienone is 2. The van der Waals surface area contributed by atoms with E-state index >= 15 is 0 Å². The summed E-state index contributed by atoms with van der Waals surface area (Å²) in [5.74, 6) is 0. The van der Waals surface area contributed by atoms with Crippen LogP contribution in [-0.2, 0) is 27.0 Å². The Morgan fingerprint density at radius 3 is 2.14 bits per heavy atom. The molecule has 1 atom stereocenters. The minimum atomic E-state index is -4.95. The van der Waals surface area contributed by atoms with Crippen molar-refractivity contribution in [1.29, 1.82) is 0 Å². The Hall–Kier alpha value is -0.806. The molecule has 1 aliphatic rings. The summed E-state index contributed by atoms with van der Waals surface area (Å²) in [7, 11) is 13.5. The van der Waals surface area contributed by atoms with E-state index in [1.165, 1.54) is 0 Å². The maximum absolute atomic E-state index is 11.1. The number of fused-ring (bicyclic) bond motifs is 1. The van der Waals surface area contributed by atoms with Crippen LogP contribution >= 0.6 is 18.6 Å². The molecule has 1 aliphatic carbocycles. The molecule has 0 fully saturated rings. The third-order valence-corrected chi connectivity index (χ3v) is 15.3. The molecule has 21 heavy (non-hydrogen) atoms. The zero-order valence-corrected chi connectivity index (χ0v) is 15.1. The molecule has 0 aromatic heterocycles.